The third-order valence-corrected chi connectivity index (χ3v) is 4.57. The van der Waals surface area contributed by atoms with Crippen molar-refractivity contribution in [2.24, 2.45) is 0 Å². The molecule has 0 aliphatic heterocycles. The number of rotatable bonds is 6. The van der Waals surface area contributed by atoms with Crippen LogP contribution in [0, 0.1) is 0 Å². The summed E-state index contributed by atoms with van der Waals surface area (Å²) >= 11 is 7.51. The van der Waals surface area contributed by atoms with E-state index < -0.39 is 5.97 Å². The van der Waals surface area contributed by atoms with Gasteiger partial charge in [-0.25, -0.2) is 0 Å². The zero-order valence-corrected chi connectivity index (χ0v) is 13.2. The van der Waals surface area contributed by atoms with Crippen molar-refractivity contribution in [2.75, 3.05) is 13.2 Å². The predicted octanol–water partition coefficient (Wildman–Crippen LogP) is 3.63. The van der Waals surface area contributed by atoms with Crippen LogP contribution in [0.5, 0.6) is 0 Å². The lowest BCUT2D eigenvalue weighted by molar-refractivity contribution is -0.142. The molecule has 2 aromatic rings. The lowest BCUT2D eigenvalue weighted by Crippen LogP contribution is -2.30. The average Bonchev–Trinajstić information content (AvgIpc) is 2.83. The SMILES string of the molecule is CCCCOC(=O)CNC(=O)c1sc2ccccc2c1Cl. The highest BCUT2D eigenvalue weighted by molar-refractivity contribution is 7.21. The Balaban J connectivity index is 1.96. The van der Waals surface area contributed by atoms with Crippen LogP contribution >= 0.6 is 22.9 Å². The number of carbonyl (C=O) groups excluding carboxylic acids is 2. The summed E-state index contributed by atoms with van der Waals surface area (Å²) in [6, 6.07) is 7.53. The van der Waals surface area contributed by atoms with Crippen LogP contribution in [0.2, 0.25) is 5.02 Å². The Morgan fingerprint density at radius 2 is 2.10 bits per heavy atom. The molecule has 1 aromatic carbocycles. The molecule has 1 amide bonds. The van der Waals surface area contributed by atoms with Crippen LogP contribution in [0.25, 0.3) is 10.1 Å². The Bertz CT molecular complexity index is 653. The van der Waals surface area contributed by atoms with Crippen LogP contribution in [-0.2, 0) is 9.53 Å². The third kappa shape index (κ3) is 3.95. The van der Waals surface area contributed by atoms with Crippen molar-refractivity contribution in [3.63, 3.8) is 0 Å². The third-order valence-electron chi connectivity index (χ3n) is 2.90. The molecule has 0 fully saturated rings. The van der Waals surface area contributed by atoms with Crippen LogP contribution in [-0.4, -0.2) is 25.0 Å². The smallest absolute Gasteiger partial charge is 0.325 e. The largest absolute Gasteiger partial charge is 0.464 e. The molecule has 6 heteroatoms. The number of unbranched alkanes of at least 4 members (excludes halogenated alkanes) is 1. The maximum absolute atomic E-state index is 12.1. The first-order valence-electron chi connectivity index (χ1n) is 6.74. The maximum Gasteiger partial charge on any atom is 0.325 e. The van der Waals surface area contributed by atoms with E-state index in [9.17, 15) is 9.59 Å². The van der Waals surface area contributed by atoms with E-state index in [2.05, 4.69) is 5.32 Å². The number of hydrogen-bond acceptors (Lipinski definition) is 4. The molecule has 0 spiro atoms. The Morgan fingerprint density at radius 3 is 2.81 bits per heavy atom. The highest BCUT2D eigenvalue weighted by atomic mass is 35.5. The van der Waals surface area contributed by atoms with Crippen LogP contribution < -0.4 is 5.32 Å². The molecular weight excluding hydrogens is 310 g/mol. The number of ether oxygens (including phenoxy) is 1. The molecular formula is C15H16ClNO3S. The summed E-state index contributed by atoms with van der Waals surface area (Å²) < 4.78 is 5.92. The normalized spacial score (nSPS) is 10.6. The van der Waals surface area contributed by atoms with Gasteiger partial charge in [0.2, 0.25) is 0 Å². The van der Waals surface area contributed by atoms with E-state index in [0.29, 0.717) is 16.5 Å². The highest BCUT2D eigenvalue weighted by Crippen LogP contribution is 2.34. The molecule has 4 nitrogen and oxygen atoms in total. The van der Waals surface area contributed by atoms with Crippen molar-refractivity contribution in [1.82, 2.24) is 5.32 Å². The fourth-order valence-corrected chi connectivity index (χ4v) is 3.21. The van der Waals surface area contributed by atoms with Crippen LogP contribution in [0.3, 0.4) is 0 Å². The number of hydrogen-bond donors (Lipinski definition) is 1. The van der Waals surface area contributed by atoms with Gasteiger partial charge in [0.15, 0.2) is 0 Å². The van der Waals surface area contributed by atoms with Crippen molar-refractivity contribution >= 4 is 44.9 Å². The Labute approximate surface area is 132 Å². The van der Waals surface area contributed by atoms with Gasteiger partial charge in [-0.1, -0.05) is 43.1 Å². The summed E-state index contributed by atoms with van der Waals surface area (Å²) in [4.78, 5) is 23.9. The lowest BCUT2D eigenvalue weighted by atomic mass is 10.2. The molecule has 0 aliphatic rings. The van der Waals surface area contributed by atoms with E-state index in [0.717, 1.165) is 22.9 Å². The average molecular weight is 326 g/mol. The standard InChI is InChI=1S/C15H16ClNO3S/c1-2-3-8-20-12(18)9-17-15(19)14-13(16)10-6-4-5-7-11(10)21-14/h4-7H,2-3,8-9H2,1H3,(H,17,19). The van der Waals surface area contributed by atoms with E-state index in [1.54, 1.807) is 0 Å². The molecule has 0 saturated carbocycles. The second-order valence-corrected chi connectivity index (χ2v) is 5.93. The minimum atomic E-state index is -0.436. The van der Waals surface area contributed by atoms with E-state index >= 15 is 0 Å². The quantitative estimate of drug-likeness (QED) is 0.652. The number of fused-ring (bicyclic) bond motifs is 1. The summed E-state index contributed by atoms with van der Waals surface area (Å²) in [7, 11) is 0. The molecule has 112 valence electrons. The fraction of sp³-hybridized carbons (Fsp3) is 0.333. The summed E-state index contributed by atoms with van der Waals surface area (Å²) in [5.74, 6) is -0.789. The van der Waals surface area contributed by atoms with Gasteiger partial charge in [-0.15, -0.1) is 11.3 Å². The topological polar surface area (TPSA) is 55.4 Å². The minimum absolute atomic E-state index is 0.146. The predicted molar refractivity (Wildman–Crippen MR) is 85.0 cm³/mol. The molecule has 0 saturated heterocycles. The van der Waals surface area contributed by atoms with Gasteiger partial charge in [0, 0.05) is 10.1 Å². The van der Waals surface area contributed by atoms with E-state index in [1.165, 1.54) is 11.3 Å². The second kappa shape index (κ2) is 7.43. The minimum Gasteiger partial charge on any atom is -0.464 e. The molecule has 0 bridgehead atoms. The van der Waals surface area contributed by atoms with Gasteiger partial charge in [-0.2, -0.15) is 0 Å². The Kier molecular flexibility index (Phi) is 5.59. The number of nitrogens with one attached hydrogen (secondary N) is 1. The number of carbonyl (C=O) groups is 2. The van der Waals surface area contributed by atoms with Gasteiger partial charge in [-0.3, -0.25) is 9.59 Å². The Hall–Kier alpha value is -1.59. The van der Waals surface area contributed by atoms with Crippen LogP contribution in [0.1, 0.15) is 29.4 Å². The summed E-state index contributed by atoms with van der Waals surface area (Å²) in [6.07, 6.45) is 1.78. The van der Waals surface area contributed by atoms with Crippen molar-refractivity contribution in [3.8, 4) is 0 Å². The number of esters is 1. The second-order valence-electron chi connectivity index (χ2n) is 4.50. The molecule has 0 aliphatic carbocycles. The van der Waals surface area contributed by atoms with Gasteiger partial charge in [0.1, 0.15) is 11.4 Å². The maximum atomic E-state index is 12.1. The first-order chi connectivity index (χ1) is 10.1. The number of halogens is 1. The first-order valence-corrected chi connectivity index (χ1v) is 7.93. The van der Waals surface area contributed by atoms with Gasteiger partial charge < -0.3 is 10.1 Å². The van der Waals surface area contributed by atoms with Crippen LogP contribution in [0.4, 0.5) is 0 Å². The van der Waals surface area contributed by atoms with E-state index in [1.807, 2.05) is 31.2 Å². The van der Waals surface area contributed by atoms with E-state index in [-0.39, 0.29) is 12.5 Å². The monoisotopic (exact) mass is 325 g/mol. The molecule has 21 heavy (non-hydrogen) atoms. The Morgan fingerprint density at radius 1 is 1.33 bits per heavy atom. The fourth-order valence-electron chi connectivity index (χ4n) is 1.77. The van der Waals surface area contributed by atoms with Crippen molar-refractivity contribution in [2.45, 2.75) is 19.8 Å². The molecule has 0 radical (unpaired) electrons. The molecule has 0 unspecified atom stereocenters. The molecule has 1 N–H and O–H groups in total. The summed E-state index contributed by atoms with van der Waals surface area (Å²) in [5.41, 5.74) is 0. The summed E-state index contributed by atoms with van der Waals surface area (Å²) in [5, 5.41) is 3.81. The van der Waals surface area contributed by atoms with Gasteiger partial charge >= 0.3 is 5.97 Å². The van der Waals surface area contributed by atoms with Crippen molar-refractivity contribution in [3.05, 3.63) is 34.2 Å². The van der Waals surface area contributed by atoms with Crippen LogP contribution in [0.15, 0.2) is 24.3 Å². The number of benzene rings is 1. The first kappa shape index (κ1) is 15.8. The molecule has 2 rings (SSSR count). The zero-order chi connectivity index (χ0) is 15.2. The number of amides is 1. The zero-order valence-electron chi connectivity index (χ0n) is 11.6. The van der Waals surface area contributed by atoms with Crippen molar-refractivity contribution in [1.29, 1.82) is 0 Å². The van der Waals surface area contributed by atoms with Gasteiger partial charge in [0.05, 0.1) is 11.6 Å². The number of thiophene rings is 1. The summed E-state index contributed by atoms with van der Waals surface area (Å²) in [6.45, 7) is 2.25. The van der Waals surface area contributed by atoms with Gasteiger partial charge in [-0.05, 0) is 12.5 Å². The highest BCUT2D eigenvalue weighted by Gasteiger charge is 2.17. The van der Waals surface area contributed by atoms with Gasteiger partial charge in [0.25, 0.3) is 5.91 Å². The molecule has 1 aromatic heterocycles. The van der Waals surface area contributed by atoms with E-state index in [4.69, 9.17) is 16.3 Å². The molecule has 1 heterocycles. The lowest BCUT2D eigenvalue weighted by Gasteiger charge is -2.05. The van der Waals surface area contributed by atoms with Crippen molar-refractivity contribution < 1.29 is 14.3 Å². The molecule has 0 atom stereocenters.